The van der Waals surface area contributed by atoms with Crippen LogP contribution in [0.1, 0.15) is 46.0 Å². The first-order valence-corrected chi connectivity index (χ1v) is 7.06. The van der Waals surface area contributed by atoms with E-state index in [2.05, 4.69) is 12.2 Å². The maximum atomic E-state index is 12.1. The van der Waals surface area contributed by atoms with Gasteiger partial charge >= 0.3 is 5.97 Å². The average Bonchev–Trinajstić information content (AvgIpc) is 2.88. The molecule has 1 amide bonds. The molecule has 5 unspecified atom stereocenters. The van der Waals surface area contributed by atoms with Crippen LogP contribution in [0.3, 0.4) is 0 Å². The summed E-state index contributed by atoms with van der Waals surface area (Å²) in [5.74, 6) is -0.687. The van der Waals surface area contributed by atoms with E-state index in [1.807, 2.05) is 6.92 Å². The first kappa shape index (κ1) is 13.4. The molecule has 0 spiro atoms. The van der Waals surface area contributed by atoms with Gasteiger partial charge in [-0.3, -0.25) is 9.59 Å². The monoisotopic (exact) mass is 253 g/mol. The van der Waals surface area contributed by atoms with Crippen molar-refractivity contribution in [2.24, 2.45) is 23.7 Å². The second-order valence-corrected chi connectivity index (χ2v) is 6.03. The number of hydrogen-bond donors (Lipinski definition) is 2. The highest BCUT2D eigenvalue weighted by Gasteiger charge is 2.44. The summed E-state index contributed by atoms with van der Waals surface area (Å²) in [4.78, 5) is 23.3. The van der Waals surface area contributed by atoms with E-state index >= 15 is 0 Å². The molecule has 18 heavy (non-hydrogen) atoms. The van der Waals surface area contributed by atoms with Crippen LogP contribution in [0.2, 0.25) is 0 Å². The van der Waals surface area contributed by atoms with Gasteiger partial charge in [0.05, 0.1) is 11.8 Å². The van der Waals surface area contributed by atoms with Crippen molar-refractivity contribution in [2.75, 3.05) is 0 Å². The van der Waals surface area contributed by atoms with Crippen LogP contribution in [-0.2, 0) is 9.59 Å². The molecule has 0 heterocycles. The Morgan fingerprint density at radius 3 is 2.50 bits per heavy atom. The lowest BCUT2D eigenvalue weighted by atomic mass is 9.95. The third kappa shape index (κ3) is 2.85. The zero-order valence-electron chi connectivity index (χ0n) is 11.2. The number of carboxylic acid groups (broad SMARTS) is 1. The summed E-state index contributed by atoms with van der Waals surface area (Å²) in [7, 11) is 0. The van der Waals surface area contributed by atoms with Crippen LogP contribution in [-0.4, -0.2) is 23.0 Å². The zero-order chi connectivity index (χ0) is 13.3. The maximum absolute atomic E-state index is 12.1. The molecular weight excluding hydrogens is 230 g/mol. The molecule has 0 aliphatic heterocycles. The van der Waals surface area contributed by atoms with Crippen LogP contribution >= 0.6 is 0 Å². The summed E-state index contributed by atoms with van der Waals surface area (Å²) in [5.41, 5.74) is 0. The molecule has 0 aromatic rings. The minimum Gasteiger partial charge on any atom is -0.481 e. The number of amides is 1. The van der Waals surface area contributed by atoms with Gasteiger partial charge in [0.2, 0.25) is 5.91 Å². The number of rotatable bonds is 5. The number of carbonyl (C=O) groups excluding carboxylic acids is 1. The average molecular weight is 253 g/mol. The van der Waals surface area contributed by atoms with Gasteiger partial charge in [-0.15, -0.1) is 0 Å². The van der Waals surface area contributed by atoms with Crippen molar-refractivity contribution in [3.63, 3.8) is 0 Å². The van der Waals surface area contributed by atoms with E-state index in [0.717, 1.165) is 19.3 Å². The molecule has 2 aliphatic rings. The maximum Gasteiger partial charge on any atom is 0.307 e. The van der Waals surface area contributed by atoms with Crippen LogP contribution < -0.4 is 5.32 Å². The van der Waals surface area contributed by atoms with Gasteiger partial charge in [-0.25, -0.2) is 0 Å². The molecule has 0 aromatic carbocycles. The van der Waals surface area contributed by atoms with Gasteiger partial charge in [-0.1, -0.05) is 20.3 Å². The number of aliphatic carboxylic acids is 1. The summed E-state index contributed by atoms with van der Waals surface area (Å²) in [6, 6.07) is 0.308. The molecule has 0 saturated heterocycles. The number of carbonyl (C=O) groups is 2. The van der Waals surface area contributed by atoms with Gasteiger partial charge in [-0.2, -0.15) is 0 Å². The van der Waals surface area contributed by atoms with E-state index in [0.29, 0.717) is 30.7 Å². The first-order valence-electron chi connectivity index (χ1n) is 7.06. The third-order valence-electron chi connectivity index (χ3n) is 4.36. The molecule has 4 heteroatoms. The molecule has 102 valence electrons. The fraction of sp³-hybridized carbons (Fsp3) is 0.857. The SMILES string of the molecule is CCCC1CC1NC(=O)C1CC(C)CC1C(=O)O. The van der Waals surface area contributed by atoms with Crippen LogP contribution in [0, 0.1) is 23.7 Å². The quantitative estimate of drug-likeness (QED) is 0.788. The lowest BCUT2D eigenvalue weighted by Gasteiger charge is -2.15. The highest BCUT2D eigenvalue weighted by molar-refractivity contribution is 5.85. The lowest BCUT2D eigenvalue weighted by Crippen LogP contribution is -2.37. The number of nitrogens with one attached hydrogen (secondary N) is 1. The molecule has 2 rings (SSSR count). The molecule has 2 aliphatic carbocycles. The largest absolute Gasteiger partial charge is 0.481 e. The van der Waals surface area contributed by atoms with E-state index in [-0.39, 0.29) is 11.8 Å². The lowest BCUT2D eigenvalue weighted by molar-refractivity contribution is -0.146. The Kier molecular flexibility index (Phi) is 3.93. The Labute approximate surface area is 108 Å². The molecule has 4 nitrogen and oxygen atoms in total. The molecule has 0 aromatic heterocycles. The van der Waals surface area contributed by atoms with Gasteiger partial charge in [0, 0.05) is 6.04 Å². The minimum absolute atomic E-state index is 0.0321. The van der Waals surface area contributed by atoms with E-state index in [1.165, 1.54) is 0 Å². The Bertz CT molecular complexity index is 342. The molecule has 2 saturated carbocycles. The zero-order valence-corrected chi connectivity index (χ0v) is 11.2. The van der Waals surface area contributed by atoms with Crippen LogP contribution in [0.25, 0.3) is 0 Å². The second kappa shape index (κ2) is 5.29. The highest BCUT2D eigenvalue weighted by Crippen LogP contribution is 2.39. The summed E-state index contributed by atoms with van der Waals surface area (Å²) in [5, 5.41) is 12.2. The van der Waals surface area contributed by atoms with Gasteiger partial charge in [-0.05, 0) is 37.5 Å². The fourth-order valence-electron chi connectivity index (χ4n) is 3.26. The van der Waals surface area contributed by atoms with E-state index < -0.39 is 11.9 Å². The minimum atomic E-state index is -0.819. The van der Waals surface area contributed by atoms with Crippen molar-refractivity contribution >= 4 is 11.9 Å². The molecule has 0 radical (unpaired) electrons. The Balaban J connectivity index is 1.87. The Hall–Kier alpha value is -1.06. The van der Waals surface area contributed by atoms with Gasteiger partial charge < -0.3 is 10.4 Å². The molecule has 0 bridgehead atoms. The van der Waals surface area contributed by atoms with Crippen molar-refractivity contribution in [1.82, 2.24) is 5.32 Å². The summed E-state index contributed by atoms with van der Waals surface area (Å²) in [6.45, 7) is 4.18. The van der Waals surface area contributed by atoms with Crippen molar-refractivity contribution in [1.29, 1.82) is 0 Å². The van der Waals surface area contributed by atoms with E-state index in [4.69, 9.17) is 5.11 Å². The van der Waals surface area contributed by atoms with Crippen molar-refractivity contribution in [2.45, 2.75) is 52.0 Å². The standard InChI is InChI=1S/C14H23NO3/c1-3-4-9-7-12(9)15-13(16)10-5-8(2)6-11(10)14(17)18/h8-12H,3-7H2,1-2H3,(H,15,16)(H,17,18). The molecule has 2 fully saturated rings. The summed E-state index contributed by atoms with van der Waals surface area (Å²) >= 11 is 0. The van der Waals surface area contributed by atoms with E-state index in [9.17, 15) is 9.59 Å². The molecule has 5 atom stereocenters. The predicted molar refractivity (Wildman–Crippen MR) is 68.0 cm³/mol. The summed E-state index contributed by atoms with van der Waals surface area (Å²) < 4.78 is 0. The second-order valence-electron chi connectivity index (χ2n) is 6.03. The van der Waals surface area contributed by atoms with Crippen molar-refractivity contribution < 1.29 is 14.7 Å². The number of hydrogen-bond acceptors (Lipinski definition) is 2. The Morgan fingerprint density at radius 2 is 1.89 bits per heavy atom. The van der Waals surface area contributed by atoms with Crippen LogP contribution in [0.15, 0.2) is 0 Å². The van der Waals surface area contributed by atoms with Gasteiger partial charge in [0.15, 0.2) is 0 Å². The topological polar surface area (TPSA) is 66.4 Å². The van der Waals surface area contributed by atoms with Gasteiger partial charge in [0.1, 0.15) is 0 Å². The molecular formula is C14H23NO3. The normalized spacial score (nSPS) is 38.4. The van der Waals surface area contributed by atoms with Crippen molar-refractivity contribution in [3.05, 3.63) is 0 Å². The third-order valence-corrected chi connectivity index (χ3v) is 4.36. The van der Waals surface area contributed by atoms with E-state index in [1.54, 1.807) is 0 Å². The smallest absolute Gasteiger partial charge is 0.307 e. The van der Waals surface area contributed by atoms with Crippen LogP contribution in [0.4, 0.5) is 0 Å². The van der Waals surface area contributed by atoms with Gasteiger partial charge in [0.25, 0.3) is 0 Å². The molecule has 2 N–H and O–H groups in total. The summed E-state index contributed by atoms with van der Waals surface area (Å²) in [6.07, 6.45) is 4.73. The predicted octanol–water partition coefficient (Wildman–Crippen LogP) is 2.04. The van der Waals surface area contributed by atoms with Crippen molar-refractivity contribution in [3.8, 4) is 0 Å². The fourth-order valence-corrected chi connectivity index (χ4v) is 3.26. The highest BCUT2D eigenvalue weighted by atomic mass is 16.4. The Morgan fingerprint density at radius 1 is 1.22 bits per heavy atom. The number of carboxylic acids is 1. The first-order chi connectivity index (χ1) is 8.52. The van der Waals surface area contributed by atoms with Crippen LogP contribution in [0.5, 0.6) is 0 Å².